The minimum absolute atomic E-state index is 0.184. The maximum absolute atomic E-state index is 13.4. The fourth-order valence-corrected chi connectivity index (χ4v) is 3.47. The topological polar surface area (TPSA) is 15.3 Å². The van der Waals surface area contributed by atoms with Crippen molar-refractivity contribution in [1.82, 2.24) is 4.90 Å². The summed E-state index contributed by atoms with van der Waals surface area (Å²) in [5, 5.41) is 3.63. The van der Waals surface area contributed by atoms with Crippen LogP contribution >= 0.6 is 11.6 Å². The van der Waals surface area contributed by atoms with Crippen LogP contribution in [0.4, 0.5) is 10.1 Å². The maximum atomic E-state index is 13.4. The lowest BCUT2D eigenvalue weighted by atomic mass is 9.98. The number of hydrogen-bond donors (Lipinski definition) is 1. The van der Waals surface area contributed by atoms with E-state index in [1.165, 1.54) is 18.9 Å². The molecule has 2 atom stereocenters. The lowest BCUT2D eigenvalue weighted by Gasteiger charge is -2.37. The average molecular weight is 269 g/mol. The number of fused-ring (bicyclic) bond motifs is 2. The molecule has 1 N–H and O–H groups in total. The quantitative estimate of drug-likeness (QED) is 0.883. The van der Waals surface area contributed by atoms with E-state index in [9.17, 15) is 4.39 Å². The number of benzene rings is 1. The Morgan fingerprint density at radius 2 is 1.94 bits per heavy atom. The standard InChI is InChI=1S/C14H18ClFN2/c1-18-11-3-4-12(18)7-10(6-11)17-9-2-5-13(15)14(16)8-9/h2,5,8,10-12,17H,3-4,6-7H2,1H3. The molecule has 0 saturated carbocycles. The molecular weight excluding hydrogens is 251 g/mol. The van der Waals surface area contributed by atoms with E-state index in [1.807, 2.05) is 6.07 Å². The van der Waals surface area contributed by atoms with Crippen molar-refractivity contribution in [2.75, 3.05) is 12.4 Å². The molecule has 2 saturated heterocycles. The monoisotopic (exact) mass is 268 g/mol. The highest BCUT2D eigenvalue weighted by Gasteiger charge is 2.38. The molecule has 2 unspecified atom stereocenters. The zero-order valence-corrected chi connectivity index (χ0v) is 11.3. The van der Waals surface area contributed by atoms with Gasteiger partial charge in [-0.1, -0.05) is 11.6 Å². The zero-order chi connectivity index (χ0) is 12.7. The lowest BCUT2D eigenvalue weighted by Crippen LogP contribution is -2.44. The number of halogens is 2. The molecule has 1 aromatic rings. The number of nitrogens with zero attached hydrogens (tertiary/aromatic N) is 1. The number of anilines is 1. The van der Waals surface area contributed by atoms with Crippen LogP contribution in [0.2, 0.25) is 5.02 Å². The Kier molecular flexibility index (Phi) is 3.20. The molecule has 1 aromatic carbocycles. The van der Waals surface area contributed by atoms with Crippen LogP contribution in [-0.4, -0.2) is 30.1 Å². The molecule has 0 spiro atoms. The third kappa shape index (κ3) is 2.21. The average Bonchev–Trinajstić information content (AvgIpc) is 2.58. The SMILES string of the molecule is CN1C2CCC1CC(Nc1ccc(Cl)c(F)c1)C2. The molecule has 2 nitrogen and oxygen atoms in total. The van der Waals surface area contributed by atoms with Gasteiger partial charge in [-0.05, 0) is 50.9 Å². The Morgan fingerprint density at radius 3 is 2.56 bits per heavy atom. The van der Waals surface area contributed by atoms with Gasteiger partial charge in [0.25, 0.3) is 0 Å². The van der Waals surface area contributed by atoms with Gasteiger partial charge in [-0.3, -0.25) is 0 Å². The highest BCUT2D eigenvalue weighted by molar-refractivity contribution is 6.30. The second-order valence-corrected chi connectivity index (χ2v) is 5.90. The van der Waals surface area contributed by atoms with Gasteiger partial charge in [-0.2, -0.15) is 0 Å². The van der Waals surface area contributed by atoms with Crippen LogP contribution in [0, 0.1) is 5.82 Å². The Morgan fingerprint density at radius 1 is 1.28 bits per heavy atom. The zero-order valence-electron chi connectivity index (χ0n) is 10.5. The van der Waals surface area contributed by atoms with Crippen LogP contribution < -0.4 is 5.32 Å². The van der Waals surface area contributed by atoms with Crippen molar-refractivity contribution in [2.45, 2.75) is 43.8 Å². The fourth-order valence-electron chi connectivity index (χ4n) is 3.35. The Hall–Kier alpha value is -0.800. The molecule has 18 heavy (non-hydrogen) atoms. The van der Waals surface area contributed by atoms with Crippen molar-refractivity contribution in [3.63, 3.8) is 0 Å². The van der Waals surface area contributed by atoms with Crippen LogP contribution in [0.5, 0.6) is 0 Å². The predicted molar refractivity (Wildman–Crippen MR) is 72.6 cm³/mol. The van der Waals surface area contributed by atoms with Crippen molar-refractivity contribution in [3.8, 4) is 0 Å². The summed E-state index contributed by atoms with van der Waals surface area (Å²) in [6, 6.07) is 6.80. The van der Waals surface area contributed by atoms with E-state index >= 15 is 0 Å². The largest absolute Gasteiger partial charge is 0.382 e. The van der Waals surface area contributed by atoms with Crippen molar-refractivity contribution in [3.05, 3.63) is 29.0 Å². The fraction of sp³-hybridized carbons (Fsp3) is 0.571. The summed E-state index contributed by atoms with van der Waals surface area (Å²) in [4.78, 5) is 2.50. The molecule has 4 heteroatoms. The van der Waals surface area contributed by atoms with Crippen molar-refractivity contribution < 1.29 is 4.39 Å². The van der Waals surface area contributed by atoms with Gasteiger partial charge < -0.3 is 10.2 Å². The molecule has 0 radical (unpaired) electrons. The van der Waals surface area contributed by atoms with Gasteiger partial charge in [-0.15, -0.1) is 0 Å². The van der Waals surface area contributed by atoms with Gasteiger partial charge in [0.2, 0.25) is 0 Å². The molecule has 98 valence electrons. The number of nitrogens with one attached hydrogen (secondary N) is 1. The van der Waals surface area contributed by atoms with Gasteiger partial charge in [0.15, 0.2) is 0 Å². The molecule has 3 rings (SSSR count). The van der Waals surface area contributed by atoms with Crippen LogP contribution in [0.1, 0.15) is 25.7 Å². The molecular formula is C14H18ClFN2. The predicted octanol–water partition coefficient (Wildman–Crippen LogP) is 3.52. The molecule has 0 aliphatic carbocycles. The van der Waals surface area contributed by atoms with E-state index in [4.69, 9.17) is 11.6 Å². The summed E-state index contributed by atoms with van der Waals surface area (Å²) in [5.41, 5.74) is 0.839. The van der Waals surface area contributed by atoms with Crippen LogP contribution in [0.15, 0.2) is 18.2 Å². The van der Waals surface area contributed by atoms with E-state index in [-0.39, 0.29) is 10.8 Å². The first-order valence-electron chi connectivity index (χ1n) is 6.57. The first-order valence-corrected chi connectivity index (χ1v) is 6.95. The second kappa shape index (κ2) is 4.71. The summed E-state index contributed by atoms with van der Waals surface area (Å²) >= 11 is 5.69. The number of rotatable bonds is 2. The molecule has 2 bridgehead atoms. The number of hydrogen-bond acceptors (Lipinski definition) is 2. The Bertz CT molecular complexity index is 437. The first-order chi connectivity index (χ1) is 8.63. The van der Waals surface area contributed by atoms with E-state index in [1.54, 1.807) is 6.07 Å². The van der Waals surface area contributed by atoms with E-state index in [0.29, 0.717) is 18.1 Å². The highest BCUT2D eigenvalue weighted by Crippen LogP contribution is 2.35. The molecule has 0 amide bonds. The Labute approximate surface area is 112 Å². The minimum atomic E-state index is -0.349. The molecule has 2 fully saturated rings. The third-order valence-corrected chi connectivity index (χ3v) is 4.70. The smallest absolute Gasteiger partial charge is 0.143 e. The van der Waals surface area contributed by atoms with Gasteiger partial charge in [0.05, 0.1) is 5.02 Å². The summed E-state index contributed by atoms with van der Waals surface area (Å²) in [6.45, 7) is 0. The minimum Gasteiger partial charge on any atom is -0.382 e. The first kappa shape index (κ1) is 12.2. The van der Waals surface area contributed by atoms with E-state index in [2.05, 4.69) is 17.3 Å². The summed E-state index contributed by atoms with van der Waals surface area (Å²) in [5.74, 6) is -0.349. The van der Waals surface area contributed by atoms with Gasteiger partial charge in [0.1, 0.15) is 5.82 Å². The summed E-state index contributed by atoms with van der Waals surface area (Å²) in [7, 11) is 2.22. The van der Waals surface area contributed by atoms with Crippen molar-refractivity contribution >= 4 is 17.3 Å². The van der Waals surface area contributed by atoms with E-state index in [0.717, 1.165) is 18.5 Å². The lowest BCUT2D eigenvalue weighted by molar-refractivity contribution is 0.169. The Balaban J connectivity index is 1.68. The summed E-state index contributed by atoms with van der Waals surface area (Å²) < 4.78 is 13.4. The van der Waals surface area contributed by atoms with Gasteiger partial charge in [-0.25, -0.2) is 4.39 Å². The summed E-state index contributed by atoms with van der Waals surface area (Å²) in [6.07, 6.45) is 4.90. The molecule has 2 aliphatic heterocycles. The van der Waals surface area contributed by atoms with Gasteiger partial charge in [0, 0.05) is 23.8 Å². The molecule has 0 aromatic heterocycles. The van der Waals surface area contributed by atoms with Crippen LogP contribution in [-0.2, 0) is 0 Å². The number of piperidine rings is 1. The molecule has 2 heterocycles. The third-order valence-electron chi connectivity index (χ3n) is 4.39. The van der Waals surface area contributed by atoms with Gasteiger partial charge >= 0.3 is 0 Å². The van der Waals surface area contributed by atoms with Crippen molar-refractivity contribution in [1.29, 1.82) is 0 Å². The van der Waals surface area contributed by atoms with E-state index < -0.39 is 0 Å². The van der Waals surface area contributed by atoms with Crippen LogP contribution in [0.25, 0.3) is 0 Å². The maximum Gasteiger partial charge on any atom is 0.143 e. The normalized spacial score (nSPS) is 31.6. The van der Waals surface area contributed by atoms with Crippen molar-refractivity contribution in [2.24, 2.45) is 0 Å². The highest BCUT2D eigenvalue weighted by atomic mass is 35.5. The molecule has 2 aliphatic rings. The second-order valence-electron chi connectivity index (χ2n) is 5.49. The van der Waals surface area contributed by atoms with Crippen LogP contribution in [0.3, 0.4) is 0 Å².